The molecule has 2 rings (SSSR count). The van der Waals surface area contributed by atoms with Crippen molar-refractivity contribution in [1.82, 2.24) is 25.7 Å². The molecule has 0 spiro atoms. The molecule has 152 valence electrons. The van der Waals surface area contributed by atoms with Crippen molar-refractivity contribution in [3.05, 3.63) is 17.0 Å². The number of aromatic nitrogens is 2. The van der Waals surface area contributed by atoms with Crippen molar-refractivity contribution in [2.24, 2.45) is 0 Å². The van der Waals surface area contributed by atoms with Crippen LogP contribution in [0.4, 0.5) is 0 Å². The van der Waals surface area contributed by atoms with Gasteiger partial charge in [-0.15, -0.1) is 0 Å². The van der Waals surface area contributed by atoms with Gasteiger partial charge in [-0.2, -0.15) is 5.10 Å². The molecule has 0 aromatic carbocycles. The minimum atomic E-state index is -0.344. The van der Waals surface area contributed by atoms with Gasteiger partial charge < -0.3 is 15.4 Å². The van der Waals surface area contributed by atoms with Crippen LogP contribution in [0.25, 0.3) is 0 Å². The van der Waals surface area contributed by atoms with E-state index in [1.807, 2.05) is 34.6 Å². The largest absolute Gasteiger partial charge is 0.379 e. The molecule has 0 bridgehead atoms. The number of aryl methyl sites for hydroxylation is 1. The number of carbonyl (C=O) groups is 2. The number of hydrogen-bond acceptors (Lipinski definition) is 5. The van der Waals surface area contributed by atoms with Crippen molar-refractivity contribution < 1.29 is 14.3 Å². The average molecular weight is 380 g/mol. The van der Waals surface area contributed by atoms with Crippen LogP contribution in [-0.2, 0) is 20.7 Å². The van der Waals surface area contributed by atoms with Crippen LogP contribution in [0.1, 0.15) is 63.3 Å². The van der Waals surface area contributed by atoms with E-state index >= 15 is 0 Å². The van der Waals surface area contributed by atoms with Crippen molar-refractivity contribution in [3.8, 4) is 0 Å². The van der Waals surface area contributed by atoms with Crippen LogP contribution in [0.3, 0.4) is 0 Å². The molecule has 0 saturated carbocycles. The van der Waals surface area contributed by atoms with Gasteiger partial charge in [0.1, 0.15) is 0 Å². The van der Waals surface area contributed by atoms with Crippen molar-refractivity contribution in [2.75, 3.05) is 13.2 Å². The second kappa shape index (κ2) is 9.85. The Bertz CT molecular complexity index is 656. The molecule has 1 aromatic heterocycles. The molecule has 1 saturated heterocycles. The van der Waals surface area contributed by atoms with E-state index in [0.717, 1.165) is 23.4 Å². The third-order valence-corrected chi connectivity index (χ3v) is 4.65. The number of nitrogens with one attached hydrogen (secondary N) is 3. The Labute approximate surface area is 161 Å². The Morgan fingerprint density at radius 3 is 2.81 bits per heavy atom. The normalized spacial score (nSPS) is 20.0. The number of ether oxygens (including phenoxy) is 1. The van der Waals surface area contributed by atoms with E-state index in [1.54, 1.807) is 4.68 Å². The van der Waals surface area contributed by atoms with Crippen LogP contribution in [0.5, 0.6) is 0 Å². The lowest BCUT2D eigenvalue weighted by molar-refractivity contribution is -0.125. The molecule has 2 amide bonds. The molecular formula is C19H33N5O3. The third-order valence-electron chi connectivity index (χ3n) is 4.65. The molecule has 8 nitrogen and oxygen atoms in total. The highest BCUT2D eigenvalue weighted by atomic mass is 16.5. The number of amides is 2. The summed E-state index contributed by atoms with van der Waals surface area (Å²) in [5.41, 5.74) is 2.92. The van der Waals surface area contributed by atoms with Gasteiger partial charge in [0.05, 0.1) is 11.8 Å². The topological polar surface area (TPSA) is 97.3 Å². The summed E-state index contributed by atoms with van der Waals surface area (Å²) in [6, 6.07) is 0.0987. The summed E-state index contributed by atoms with van der Waals surface area (Å²) in [4.78, 5) is 23.9. The minimum Gasteiger partial charge on any atom is -0.379 e. The quantitative estimate of drug-likeness (QED) is 0.562. The van der Waals surface area contributed by atoms with Gasteiger partial charge in [0, 0.05) is 37.7 Å². The molecule has 3 N–H and O–H groups in total. The SMILES string of the molecule is Cc1nn(C2NC(=O)CC(C)N2)c(C)c1CCC(=O)NCCCOC(C)C. The lowest BCUT2D eigenvalue weighted by Crippen LogP contribution is -2.52. The zero-order valence-corrected chi connectivity index (χ0v) is 17.1. The lowest BCUT2D eigenvalue weighted by atomic mass is 10.1. The van der Waals surface area contributed by atoms with E-state index in [1.165, 1.54) is 0 Å². The van der Waals surface area contributed by atoms with Crippen LogP contribution in [0, 0.1) is 13.8 Å². The molecule has 1 aliphatic rings. The third kappa shape index (κ3) is 6.32. The van der Waals surface area contributed by atoms with Crippen molar-refractivity contribution >= 4 is 11.8 Å². The van der Waals surface area contributed by atoms with E-state index in [4.69, 9.17) is 4.74 Å². The molecule has 27 heavy (non-hydrogen) atoms. The first-order valence-corrected chi connectivity index (χ1v) is 9.76. The highest BCUT2D eigenvalue weighted by Crippen LogP contribution is 2.19. The second-order valence-corrected chi connectivity index (χ2v) is 7.46. The smallest absolute Gasteiger partial charge is 0.224 e. The molecule has 2 unspecified atom stereocenters. The molecule has 1 aromatic rings. The highest BCUT2D eigenvalue weighted by Gasteiger charge is 2.26. The summed E-state index contributed by atoms with van der Waals surface area (Å²) < 4.78 is 7.27. The second-order valence-electron chi connectivity index (χ2n) is 7.46. The van der Waals surface area contributed by atoms with Gasteiger partial charge >= 0.3 is 0 Å². The molecule has 2 heterocycles. The van der Waals surface area contributed by atoms with Gasteiger partial charge in [-0.3, -0.25) is 14.9 Å². The van der Waals surface area contributed by atoms with E-state index < -0.39 is 0 Å². The van der Waals surface area contributed by atoms with E-state index in [-0.39, 0.29) is 30.2 Å². The lowest BCUT2D eigenvalue weighted by Gasteiger charge is -2.30. The minimum absolute atomic E-state index is 0.0150. The highest BCUT2D eigenvalue weighted by molar-refractivity contribution is 5.77. The van der Waals surface area contributed by atoms with E-state index in [0.29, 0.717) is 32.4 Å². The van der Waals surface area contributed by atoms with Crippen molar-refractivity contribution in [2.45, 2.75) is 78.7 Å². The molecule has 1 aliphatic heterocycles. The summed E-state index contributed by atoms with van der Waals surface area (Å²) in [6.45, 7) is 11.2. The maximum absolute atomic E-state index is 12.1. The van der Waals surface area contributed by atoms with E-state index in [2.05, 4.69) is 21.0 Å². The van der Waals surface area contributed by atoms with Crippen LogP contribution in [-0.4, -0.2) is 46.9 Å². The Morgan fingerprint density at radius 2 is 2.15 bits per heavy atom. The van der Waals surface area contributed by atoms with Gasteiger partial charge in [0.25, 0.3) is 0 Å². The average Bonchev–Trinajstić information content (AvgIpc) is 2.86. The van der Waals surface area contributed by atoms with Crippen LogP contribution >= 0.6 is 0 Å². The Balaban J connectivity index is 1.85. The van der Waals surface area contributed by atoms with E-state index in [9.17, 15) is 9.59 Å². The fourth-order valence-corrected chi connectivity index (χ4v) is 3.25. The molecule has 0 aliphatic carbocycles. The molecular weight excluding hydrogens is 346 g/mol. The summed E-state index contributed by atoms with van der Waals surface area (Å²) in [5.74, 6) is 0.0463. The predicted molar refractivity (Wildman–Crippen MR) is 103 cm³/mol. The first-order chi connectivity index (χ1) is 12.8. The van der Waals surface area contributed by atoms with Gasteiger partial charge in [-0.25, -0.2) is 4.68 Å². The van der Waals surface area contributed by atoms with Gasteiger partial charge in [0.15, 0.2) is 6.29 Å². The summed E-state index contributed by atoms with van der Waals surface area (Å²) in [5, 5.41) is 13.8. The first kappa shape index (κ1) is 21.4. The zero-order valence-electron chi connectivity index (χ0n) is 17.1. The number of nitrogens with zero attached hydrogens (tertiary/aromatic N) is 2. The monoisotopic (exact) mass is 379 g/mol. The fourth-order valence-electron chi connectivity index (χ4n) is 3.25. The van der Waals surface area contributed by atoms with Crippen molar-refractivity contribution in [3.63, 3.8) is 0 Å². The predicted octanol–water partition coefficient (Wildman–Crippen LogP) is 1.32. The summed E-state index contributed by atoms with van der Waals surface area (Å²) in [6.07, 6.45) is 2.19. The van der Waals surface area contributed by atoms with Crippen LogP contribution < -0.4 is 16.0 Å². The molecule has 2 atom stereocenters. The standard InChI is InChI=1S/C19H33N5O3/c1-12(2)27-10-6-9-20-17(25)8-7-16-14(4)23-24(15(16)5)19-21-13(3)11-18(26)22-19/h12-13,19,21H,6-11H2,1-5H3,(H,20,25)(H,22,26). The summed E-state index contributed by atoms with van der Waals surface area (Å²) >= 11 is 0. The Kier molecular flexibility index (Phi) is 7.79. The van der Waals surface area contributed by atoms with Gasteiger partial charge in [-0.05, 0) is 53.0 Å². The zero-order chi connectivity index (χ0) is 20.0. The van der Waals surface area contributed by atoms with Crippen LogP contribution in [0.15, 0.2) is 0 Å². The summed E-state index contributed by atoms with van der Waals surface area (Å²) in [7, 11) is 0. The number of hydrogen-bond donors (Lipinski definition) is 3. The van der Waals surface area contributed by atoms with Crippen molar-refractivity contribution in [1.29, 1.82) is 0 Å². The fraction of sp³-hybridized carbons (Fsp3) is 0.737. The maximum Gasteiger partial charge on any atom is 0.224 e. The number of carbonyl (C=O) groups excluding carboxylic acids is 2. The molecule has 1 fully saturated rings. The van der Waals surface area contributed by atoms with Crippen LogP contribution in [0.2, 0.25) is 0 Å². The number of rotatable bonds is 9. The van der Waals surface area contributed by atoms with Gasteiger partial charge in [0.2, 0.25) is 11.8 Å². The maximum atomic E-state index is 12.1. The first-order valence-electron chi connectivity index (χ1n) is 9.76. The molecule has 0 radical (unpaired) electrons. The Morgan fingerprint density at radius 1 is 1.41 bits per heavy atom. The molecule has 8 heteroatoms. The van der Waals surface area contributed by atoms with Gasteiger partial charge in [-0.1, -0.05) is 0 Å². The Hall–Kier alpha value is -1.93.